The lowest BCUT2D eigenvalue weighted by Gasteiger charge is -2.38. The minimum absolute atomic E-state index is 0.430. The highest BCUT2D eigenvalue weighted by Gasteiger charge is 2.28. The Balaban J connectivity index is 4.23. The van der Waals surface area contributed by atoms with Gasteiger partial charge in [-0.25, -0.2) is 0 Å². The standard InChI is InChI=1S/C7H17ClOS/c1-6(2)10(8,9-5)7(3)4/h6-7H,1-5H3. The van der Waals surface area contributed by atoms with Gasteiger partial charge in [0, 0.05) is 17.6 Å². The van der Waals surface area contributed by atoms with E-state index in [0.717, 1.165) is 0 Å². The van der Waals surface area contributed by atoms with Gasteiger partial charge in [0.15, 0.2) is 0 Å². The fourth-order valence-corrected chi connectivity index (χ4v) is 2.79. The Kier molecular flexibility index (Phi) is 4.07. The monoisotopic (exact) mass is 184 g/mol. The van der Waals surface area contributed by atoms with Crippen LogP contribution in [0.3, 0.4) is 0 Å². The molecule has 0 aliphatic rings. The molecule has 0 saturated carbocycles. The van der Waals surface area contributed by atoms with Crippen molar-refractivity contribution in [2.75, 3.05) is 7.11 Å². The summed E-state index contributed by atoms with van der Waals surface area (Å²) in [6.07, 6.45) is 0. The van der Waals surface area contributed by atoms with Crippen LogP contribution in [0.4, 0.5) is 0 Å². The third kappa shape index (κ3) is 2.04. The molecule has 0 aromatic heterocycles. The average molecular weight is 185 g/mol. The van der Waals surface area contributed by atoms with Crippen molar-refractivity contribution in [3.05, 3.63) is 0 Å². The molecular formula is C7H17ClOS. The first kappa shape index (κ1) is 10.6. The molecule has 0 saturated heterocycles. The Morgan fingerprint density at radius 3 is 1.40 bits per heavy atom. The van der Waals surface area contributed by atoms with E-state index in [2.05, 4.69) is 27.7 Å². The SMILES string of the molecule is COS(Cl)(C(C)C)C(C)C. The first-order chi connectivity index (χ1) is 4.45. The van der Waals surface area contributed by atoms with Crippen LogP contribution >= 0.6 is 20.2 Å². The van der Waals surface area contributed by atoms with Crippen LogP contribution in [0.2, 0.25) is 0 Å². The van der Waals surface area contributed by atoms with Gasteiger partial charge < -0.3 is 4.18 Å². The molecule has 0 atom stereocenters. The van der Waals surface area contributed by atoms with E-state index in [1.165, 1.54) is 0 Å². The molecule has 0 aromatic carbocycles. The quantitative estimate of drug-likeness (QED) is 0.654. The average Bonchev–Trinajstić information content (AvgIpc) is 1.85. The maximum Gasteiger partial charge on any atom is 0.0496 e. The van der Waals surface area contributed by atoms with Crippen LogP contribution in [0, 0.1) is 0 Å². The molecule has 3 heteroatoms. The minimum atomic E-state index is -1.34. The van der Waals surface area contributed by atoms with E-state index in [1.54, 1.807) is 7.11 Å². The molecule has 0 aliphatic carbocycles. The molecule has 0 fully saturated rings. The van der Waals surface area contributed by atoms with Crippen molar-refractivity contribution in [1.82, 2.24) is 0 Å². The molecule has 0 radical (unpaired) electrons. The molecule has 0 aromatic rings. The van der Waals surface area contributed by atoms with Crippen molar-refractivity contribution in [3.63, 3.8) is 0 Å². The smallest absolute Gasteiger partial charge is 0.0496 e. The molecule has 0 N–H and O–H groups in total. The van der Waals surface area contributed by atoms with Gasteiger partial charge in [-0.1, -0.05) is 37.2 Å². The second-order valence-electron chi connectivity index (χ2n) is 2.83. The van der Waals surface area contributed by atoms with Crippen LogP contribution in [-0.2, 0) is 4.18 Å². The van der Waals surface area contributed by atoms with Crippen LogP contribution in [0.25, 0.3) is 0 Å². The molecular weight excluding hydrogens is 168 g/mol. The summed E-state index contributed by atoms with van der Waals surface area (Å²) in [6, 6.07) is 0. The van der Waals surface area contributed by atoms with Crippen LogP contribution in [0.1, 0.15) is 27.7 Å². The number of halogens is 1. The summed E-state index contributed by atoms with van der Waals surface area (Å²) in [4.78, 5) is 0. The van der Waals surface area contributed by atoms with Crippen LogP contribution < -0.4 is 0 Å². The van der Waals surface area contributed by atoms with Gasteiger partial charge in [0.1, 0.15) is 0 Å². The van der Waals surface area contributed by atoms with E-state index in [0.29, 0.717) is 10.5 Å². The largest absolute Gasteiger partial charge is 0.326 e. The summed E-state index contributed by atoms with van der Waals surface area (Å²) < 4.78 is 5.31. The Bertz CT molecular complexity index is 95.8. The van der Waals surface area contributed by atoms with Gasteiger partial charge in [-0.2, -0.15) is 0 Å². The summed E-state index contributed by atoms with van der Waals surface area (Å²) in [5.74, 6) is 0. The van der Waals surface area contributed by atoms with Gasteiger partial charge in [0.2, 0.25) is 0 Å². The van der Waals surface area contributed by atoms with Crippen molar-refractivity contribution in [2.24, 2.45) is 0 Å². The van der Waals surface area contributed by atoms with Crippen LogP contribution in [0.5, 0.6) is 0 Å². The molecule has 0 aliphatic heterocycles. The van der Waals surface area contributed by atoms with Crippen molar-refractivity contribution in [2.45, 2.75) is 38.2 Å². The molecule has 1 nitrogen and oxygen atoms in total. The van der Waals surface area contributed by atoms with E-state index >= 15 is 0 Å². The lowest BCUT2D eigenvalue weighted by Crippen LogP contribution is -2.16. The van der Waals surface area contributed by atoms with E-state index in [4.69, 9.17) is 14.9 Å². The second kappa shape index (κ2) is 3.84. The maximum atomic E-state index is 6.25. The van der Waals surface area contributed by atoms with Crippen molar-refractivity contribution >= 4 is 20.2 Å². The Hall–Kier alpha value is 0.600. The molecule has 0 amide bonds. The Morgan fingerprint density at radius 2 is 1.40 bits per heavy atom. The molecule has 64 valence electrons. The van der Waals surface area contributed by atoms with Gasteiger partial charge >= 0.3 is 0 Å². The zero-order valence-electron chi connectivity index (χ0n) is 7.35. The fourth-order valence-electron chi connectivity index (χ4n) is 0.929. The zero-order chi connectivity index (χ0) is 8.36. The van der Waals surface area contributed by atoms with Crippen molar-refractivity contribution in [3.8, 4) is 0 Å². The number of rotatable bonds is 3. The highest BCUT2D eigenvalue weighted by Crippen LogP contribution is 2.61. The molecule has 0 heterocycles. The first-order valence-electron chi connectivity index (χ1n) is 3.51. The third-order valence-corrected chi connectivity index (χ3v) is 7.14. The van der Waals surface area contributed by atoms with E-state index in [9.17, 15) is 0 Å². The Labute approximate surface area is 70.1 Å². The third-order valence-electron chi connectivity index (χ3n) is 1.54. The predicted molar refractivity (Wildman–Crippen MR) is 50.7 cm³/mol. The molecule has 0 spiro atoms. The normalized spacial score (nSPS) is 14.8. The van der Waals surface area contributed by atoms with Crippen molar-refractivity contribution in [1.29, 1.82) is 0 Å². The fraction of sp³-hybridized carbons (Fsp3) is 1.00. The van der Waals surface area contributed by atoms with Gasteiger partial charge in [0.25, 0.3) is 0 Å². The minimum Gasteiger partial charge on any atom is -0.326 e. The maximum absolute atomic E-state index is 6.25. The summed E-state index contributed by atoms with van der Waals surface area (Å²) in [6.45, 7) is 8.41. The molecule has 10 heavy (non-hydrogen) atoms. The van der Waals surface area contributed by atoms with E-state index < -0.39 is 9.52 Å². The van der Waals surface area contributed by atoms with Gasteiger partial charge in [-0.3, -0.25) is 0 Å². The summed E-state index contributed by atoms with van der Waals surface area (Å²) in [5, 5.41) is 0.860. The number of hydrogen-bond donors (Lipinski definition) is 0. The molecule has 0 bridgehead atoms. The van der Waals surface area contributed by atoms with Crippen LogP contribution in [-0.4, -0.2) is 17.6 Å². The number of hydrogen-bond acceptors (Lipinski definition) is 1. The first-order valence-corrected chi connectivity index (χ1v) is 6.02. The van der Waals surface area contributed by atoms with Gasteiger partial charge in [-0.05, 0) is 10.7 Å². The van der Waals surface area contributed by atoms with Gasteiger partial charge in [-0.15, -0.1) is 0 Å². The van der Waals surface area contributed by atoms with Crippen molar-refractivity contribution < 1.29 is 4.18 Å². The van der Waals surface area contributed by atoms with Gasteiger partial charge in [0.05, 0.1) is 0 Å². The summed E-state index contributed by atoms with van der Waals surface area (Å²) >= 11 is 0. The Morgan fingerprint density at radius 1 is 1.10 bits per heavy atom. The summed E-state index contributed by atoms with van der Waals surface area (Å²) in [7, 11) is 6.61. The van der Waals surface area contributed by atoms with E-state index in [1.807, 2.05) is 0 Å². The highest BCUT2D eigenvalue weighted by molar-refractivity contribution is 8.48. The lowest BCUT2D eigenvalue weighted by molar-refractivity contribution is 0.463. The predicted octanol–water partition coefficient (Wildman–Crippen LogP) is 3.32. The lowest BCUT2D eigenvalue weighted by atomic mass is 10.5. The topological polar surface area (TPSA) is 9.23 Å². The molecule has 0 unspecified atom stereocenters. The highest BCUT2D eigenvalue weighted by atomic mass is 35.7. The second-order valence-corrected chi connectivity index (χ2v) is 7.64. The van der Waals surface area contributed by atoms with E-state index in [-0.39, 0.29) is 0 Å². The molecule has 0 rings (SSSR count). The summed E-state index contributed by atoms with van der Waals surface area (Å²) in [5.41, 5.74) is 0. The van der Waals surface area contributed by atoms with Crippen LogP contribution in [0.15, 0.2) is 0 Å². The zero-order valence-corrected chi connectivity index (χ0v) is 8.92.